The second-order valence-electron chi connectivity index (χ2n) is 12.4. The molecular formula is C40H21N5O. The molecule has 0 aliphatic heterocycles. The van der Waals surface area contributed by atoms with Crippen molar-refractivity contribution in [3.05, 3.63) is 127 Å². The lowest BCUT2D eigenvalue weighted by molar-refractivity contribution is 0.669. The average Bonchev–Trinajstić information content (AvgIpc) is 3.88. The standard InChI is InChI=1S/C40H21N5O/c1-3-9-24-18-32-30(16-22(24)7-1)41-39-43(32)34-20-27(26-13-14-37-29(15-26)28-11-5-6-12-36(28)46-37)21-35-38(34)45(39)40-42-31-17-23-8-2-4-10-25(23)19-33(31)44(35)40/h1-21H. The van der Waals surface area contributed by atoms with Gasteiger partial charge in [0.25, 0.3) is 0 Å². The van der Waals surface area contributed by atoms with E-state index in [2.05, 4.69) is 128 Å². The fourth-order valence-corrected chi connectivity index (χ4v) is 7.81. The van der Waals surface area contributed by atoms with Gasteiger partial charge in [-0.15, -0.1) is 0 Å². The minimum Gasteiger partial charge on any atom is -0.456 e. The summed E-state index contributed by atoms with van der Waals surface area (Å²) in [5.41, 5.74) is 11.5. The lowest BCUT2D eigenvalue weighted by Crippen LogP contribution is -1.89. The molecule has 7 aromatic carbocycles. The molecule has 0 spiro atoms. The lowest BCUT2D eigenvalue weighted by atomic mass is 10.0. The molecule has 6 heteroatoms. The van der Waals surface area contributed by atoms with Crippen LogP contribution < -0.4 is 0 Å². The van der Waals surface area contributed by atoms with Crippen LogP contribution in [0, 0.1) is 0 Å². The summed E-state index contributed by atoms with van der Waals surface area (Å²) >= 11 is 0. The van der Waals surface area contributed by atoms with E-state index >= 15 is 0 Å². The van der Waals surface area contributed by atoms with E-state index in [1.165, 1.54) is 21.5 Å². The summed E-state index contributed by atoms with van der Waals surface area (Å²) in [7, 11) is 0. The van der Waals surface area contributed by atoms with Crippen LogP contribution in [0.15, 0.2) is 132 Å². The van der Waals surface area contributed by atoms with Gasteiger partial charge in [0.05, 0.1) is 33.1 Å². The third-order valence-corrected chi connectivity index (χ3v) is 9.89. The first-order valence-electron chi connectivity index (χ1n) is 15.5. The monoisotopic (exact) mass is 587 g/mol. The normalized spacial score (nSPS) is 12.8. The molecule has 212 valence electrons. The van der Waals surface area contributed by atoms with Crippen molar-refractivity contribution in [1.82, 2.24) is 23.2 Å². The average molecular weight is 588 g/mol. The number of hydrogen-bond donors (Lipinski definition) is 0. The van der Waals surface area contributed by atoms with Crippen LogP contribution in [-0.4, -0.2) is 23.2 Å². The van der Waals surface area contributed by atoms with Crippen LogP contribution >= 0.6 is 0 Å². The molecule has 12 aromatic rings. The van der Waals surface area contributed by atoms with E-state index in [0.29, 0.717) is 0 Å². The second kappa shape index (κ2) is 7.81. The fourth-order valence-electron chi connectivity index (χ4n) is 7.81. The molecule has 5 aromatic heterocycles. The predicted molar refractivity (Wildman–Crippen MR) is 186 cm³/mol. The molecule has 0 bridgehead atoms. The van der Waals surface area contributed by atoms with Crippen LogP contribution in [0.1, 0.15) is 0 Å². The Hall–Kier alpha value is -6.40. The van der Waals surface area contributed by atoms with E-state index in [1.54, 1.807) is 0 Å². The number of furan rings is 1. The minimum atomic E-state index is 0.869. The second-order valence-corrected chi connectivity index (χ2v) is 12.4. The largest absolute Gasteiger partial charge is 0.456 e. The Kier molecular flexibility index (Phi) is 3.91. The van der Waals surface area contributed by atoms with Gasteiger partial charge >= 0.3 is 0 Å². The quantitative estimate of drug-likeness (QED) is 0.192. The number of para-hydroxylation sites is 1. The molecule has 0 fully saturated rings. The molecule has 5 heterocycles. The van der Waals surface area contributed by atoms with Gasteiger partial charge in [0.1, 0.15) is 16.7 Å². The summed E-state index contributed by atoms with van der Waals surface area (Å²) < 4.78 is 13.1. The highest BCUT2D eigenvalue weighted by Gasteiger charge is 2.25. The van der Waals surface area contributed by atoms with E-state index in [4.69, 9.17) is 14.4 Å². The van der Waals surface area contributed by atoms with Gasteiger partial charge in [0.2, 0.25) is 11.6 Å². The van der Waals surface area contributed by atoms with Crippen LogP contribution in [0.5, 0.6) is 0 Å². The number of fused-ring (bicyclic) bond motifs is 15. The fraction of sp³-hybridized carbons (Fsp3) is 0. The van der Waals surface area contributed by atoms with Crippen LogP contribution in [0.4, 0.5) is 0 Å². The van der Waals surface area contributed by atoms with Crippen molar-refractivity contribution in [2.75, 3.05) is 0 Å². The van der Waals surface area contributed by atoms with E-state index in [-0.39, 0.29) is 0 Å². The van der Waals surface area contributed by atoms with Crippen molar-refractivity contribution in [3.63, 3.8) is 0 Å². The molecule has 0 radical (unpaired) electrons. The van der Waals surface area contributed by atoms with Crippen LogP contribution in [0.2, 0.25) is 0 Å². The topological polar surface area (TPSA) is 52.2 Å². The van der Waals surface area contributed by atoms with Crippen molar-refractivity contribution in [1.29, 1.82) is 0 Å². The molecule has 46 heavy (non-hydrogen) atoms. The van der Waals surface area contributed by atoms with E-state index in [1.807, 2.05) is 12.1 Å². The molecule has 6 nitrogen and oxygen atoms in total. The smallest absolute Gasteiger partial charge is 0.223 e. The zero-order chi connectivity index (χ0) is 29.7. The minimum absolute atomic E-state index is 0.869. The van der Waals surface area contributed by atoms with Gasteiger partial charge in [-0.25, -0.2) is 14.4 Å². The number of imidazole rings is 4. The summed E-state index contributed by atoms with van der Waals surface area (Å²) in [6.07, 6.45) is 0. The Morgan fingerprint density at radius 3 is 1.59 bits per heavy atom. The molecule has 0 unspecified atom stereocenters. The first kappa shape index (κ1) is 23.0. The van der Waals surface area contributed by atoms with Gasteiger partial charge in [0.15, 0.2) is 0 Å². The van der Waals surface area contributed by atoms with Crippen molar-refractivity contribution < 1.29 is 4.42 Å². The third-order valence-electron chi connectivity index (χ3n) is 9.89. The Morgan fingerprint density at radius 1 is 0.413 bits per heavy atom. The van der Waals surface area contributed by atoms with E-state index in [0.717, 1.165) is 83.2 Å². The third kappa shape index (κ3) is 2.74. The summed E-state index contributed by atoms with van der Waals surface area (Å²) in [5.74, 6) is 1.74. The molecule has 0 aliphatic rings. The maximum atomic E-state index is 6.18. The Labute approximate surface area is 259 Å². The molecule has 12 rings (SSSR count). The first-order valence-corrected chi connectivity index (χ1v) is 15.5. The van der Waals surface area contributed by atoms with Gasteiger partial charge in [0, 0.05) is 10.8 Å². The highest BCUT2D eigenvalue weighted by Crippen LogP contribution is 2.40. The zero-order valence-corrected chi connectivity index (χ0v) is 24.3. The molecule has 0 N–H and O–H groups in total. The summed E-state index contributed by atoms with van der Waals surface area (Å²) in [6, 6.07) is 45.3. The van der Waals surface area contributed by atoms with Crippen molar-refractivity contribution in [3.8, 4) is 11.1 Å². The number of hydrogen-bond acceptors (Lipinski definition) is 3. The molecule has 0 amide bonds. The zero-order valence-electron chi connectivity index (χ0n) is 24.3. The van der Waals surface area contributed by atoms with Gasteiger partial charge < -0.3 is 4.42 Å². The number of aromatic nitrogens is 5. The maximum Gasteiger partial charge on any atom is 0.223 e. The number of nitrogens with zero attached hydrogens (tertiary/aromatic N) is 5. The molecule has 0 aliphatic carbocycles. The van der Waals surface area contributed by atoms with Gasteiger partial charge in [-0.2, -0.15) is 0 Å². The maximum absolute atomic E-state index is 6.18. The van der Waals surface area contributed by atoms with E-state index < -0.39 is 0 Å². The summed E-state index contributed by atoms with van der Waals surface area (Å²) in [5, 5.41) is 7.00. The molecule has 0 saturated carbocycles. The van der Waals surface area contributed by atoms with Crippen molar-refractivity contribution >= 4 is 93.7 Å². The SMILES string of the molecule is c1ccc2cc3c(cc2c1)nc1n3c2cc(-c3ccc4oc5ccccc5c4c3)cc3c2n1c1nc2cc4ccccc4cc2n31. The summed E-state index contributed by atoms with van der Waals surface area (Å²) in [4.78, 5) is 10.5. The van der Waals surface area contributed by atoms with Gasteiger partial charge in [-0.05, 0) is 87.3 Å². The Morgan fingerprint density at radius 2 is 0.957 bits per heavy atom. The Bertz CT molecular complexity index is 3100. The van der Waals surface area contributed by atoms with Crippen LogP contribution in [-0.2, 0) is 0 Å². The Balaban J connectivity index is 1.27. The van der Waals surface area contributed by atoms with Crippen LogP contribution in [0.25, 0.3) is 105 Å². The van der Waals surface area contributed by atoms with E-state index in [9.17, 15) is 0 Å². The number of benzene rings is 7. The predicted octanol–water partition coefficient (Wildman–Crippen LogP) is 10.0. The highest BCUT2D eigenvalue weighted by atomic mass is 16.3. The molecule has 0 saturated heterocycles. The van der Waals surface area contributed by atoms with Gasteiger partial charge in [-0.3, -0.25) is 8.80 Å². The summed E-state index contributed by atoms with van der Waals surface area (Å²) in [6.45, 7) is 0. The molecular weight excluding hydrogens is 566 g/mol. The van der Waals surface area contributed by atoms with Crippen LogP contribution in [0.3, 0.4) is 0 Å². The lowest BCUT2D eigenvalue weighted by Gasteiger charge is -2.06. The van der Waals surface area contributed by atoms with Crippen molar-refractivity contribution in [2.45, 2.75) is 0 Å². The molecule has 0 atom stereocenters. The highest BCUT2D eigenvalue weighted by molar-refractivity contribution is 6.10. The first-order chi connectivity index (χ1) is 22.8. The van der Waals surface area contributed by atoms with Gasteiger partial charge in [-0.1, -0.05) is 72.8 Å². The van der Waals surface area contributed by atoms with Crippen molar-refractivity contribution in [2.24, 2.45) is 0 Å². The number of rotatable bonds is 1.